The molecule has 27 heavy (non-hydrogen) atoms. The number of aliphatic hydroxyl groups excluding tert-OH is 3. The highest BCUT2D eigenvalue weighted by atomic mass is 16.6. The van der Waals surface area contributed by atoms with E-state index in [1.807, 2.05) is 31.2 Å². The summed E-state index contributed by atoms with van der Waals surface area (Å²) in [5.41, 5.74) is 2.38. The van der Waals surface area contributed by atoms with Gasteiger partial charge in [0, 0.05) is 0 Å². The molecule has 4 rings (SSSR count). The van der Waals surface area contributed by atoms with E-state index in [0.29, 0.717) is 16.9 Å². The number of fused-ring (bicyclic) bond motifs is 1. The maximum absolute atomic E-state index is 13.2. The van der Waals surface area contributed by atoms with Crippen LogP contribution in [0.2, 0.25) is 0 Å². The fraction of sp³-hybridized carbons (Fsp3) is 0.389. The third-order valence-corrected chi connectivity index (χ3v) is 4.85. The molecule has 3 N–H and O–H groups in total. The Balaban J connectivity index is 1.89. The minimum Gasteiger partial charge on any atom is -0.394 e. The number of benzene rings is 1. The van der Waals surface area contributed by atoms with Crippen LogP contribution in [0.3, 0.4) is 0 Å². The van der Waals surface area contributed by atoms with Crippen LogP contribution in [0.1, 0.15) is 17.5 Å². The minimum absolute atomic E-state index is 0.158. The number of rotatable bonds is 3. The maximum Gasteiger partial charge on any atom is 0.284 e. The molecular formula is C18H20N4O5. The van der Waals surface area contributed by atoms with Crippen molar-refractivity contribution in [2.24, 2.45) is 0 Å². The van der Waals surface area contributed by atoms with Crippen LogP contribution in [-0.4, -0.2) is 59.6 Å². The van der Waals surface area contributed by atoms with Gasteiger partial charge in [-0.1, -0.05) is 17.7 Å². The van der Waals surface area contributed by atoms with Crippen molar-refractivity contribution in [1.29, 1.82) is 0 Å². The standard InChI is InChI=1S/C18H20N4O5/c1-9-3-5-11(6-4-9)21-8-19-13-10(2)20-22(14(13)17(21)26)18-16(25)15(24)12(7-23)27-18/h3-6,8,12,15-16,18,23-25H,7H2,1-2H3/t12-,15-,16-,18?/m1/s1. The number of ether oxygens (including phenoxy) is 1. The lowest BCUT2D eigenvalue weighted by Gasteiger charge is -2.16. The first-order valence-corrected chi connectivity index (χ1v) is 8.58. The number of aryl methyl sites for hydroxylation is 2. The molecule has 3 heterocycles. The van der Waals surface area contributed by atoms with Crippen molar-refractivity contribution in [1.82, 2.24) is 19.3 Å². The predicted octanol–water partition coefficient (Wildman–Crippen LogP) is -0.189. The van der Waals surface area contributed by atoms with Crippen LogP contribution in [0, 0.1) is 13.8 Å². The van der Waals surface area contributed by atoms with Crippen molar-refractivity contribution in [2.45, 2.75) is 38.4 Å². The molecule has 142 valence electrons. The molecule has 1 fully saturated rings. The zero-order chi connectivity index (χ0) is 19.3. The molecule has 9 nitrogen and oxygen atoms in total. The number of aliphatic hydroxyl groups is 3. The average molecular weight is 372 g/mol. The van der Waals surface area contributed by atoms with Gasteiger partial charge in [0.15, 0.2) is 11.7 Å². The van der Waals surface area contributed by atoms with Crippen molar-refractivity contribution in [3.05, 3.63) is 52.2 Å². The Hall–Kier alpha value is -2.59. The molecule has 0 radical (unpaired) electrons. The van der Waals surface area contributed by atoms with Crippen LogP contribution in [-0.2, 0) is 4.74 Å². The lowest BCUT2D eigenvalue weighted by molar-refractivity contribution is -0.0566. The van der Waals surface area contributed by atoms with Gasteiger partial charge in [0.05, 0.1) is 18.0 Å². The van der Waals surface area contributed by atoms with Gasteiger partial charge in [-0.15, -0.1) is 0 Å². The Morgan fingerprint density at radius 1 is 1.15 bits per heavy atom. The lowest BCUT2D eigenvalue weighted by atomic mass is 10.1. The van der Waals surface area contributed by atoms with Crippen LogP contribution in [0.5, 0.6) is 0 Å². The third kappa shape index (κ3) is 2.76. The molecule has 0 amide bonds. The molecule has 2 aromatic heterocycles. The van der Waals surface area contributed by atoms with Crippen molar-refractivity contribution in [3.8, 4) is 5.69 Å². The SMILES string of the molecule is Cc1ccc(-n2cnc3c(C)nn(C4O[C@H](CO)[C@@H](O)[C@H]4O)c3c2=O)cc1. The van der Waals surface area contributed by atoms with E-state index in [4.69, 9.17) is 4.74 Å². The molecule has 1 aliphatic rings. The summed E-state index contributed by atoms with van der Waals surface area (Å²) >= 11 is 0. The molecule has 0 aliphatic carbocycles. The topological polar surface area (TPSA) is 123 Å². The van der Waals surface area contributed by atoms with E-state index in [1.54, 1.807) is 6.92 Å². The maximum atomic E-state index is 13.2. The average Bonchev–Trinajstić information content (AvgIpc) is 3.14. The zero-order valence-electron chi connectivity index (χ0n) is 14.9. The van der Waals surface area contributed by atoms with Crippen molar-refractivity contribution >= 4 is 11.0 Å². The number of aromatic nitrogens is 4. The quantitative estimate of drug-likeness (QED) is 0.582. The van der Waals surface area contributed by atoms with Crippen LogP contribution in [0.15, 0.2) is 35.4 Å². The highest BCUT2D eigenvalue weighted by Gasteiger charge is 2.44. The normalized spacial score (nSPS) is 25.4. The monoisotopic (exact) mass is 372 g/mol. The van der Waals surface area contributed by atoms with Gasteiger partial charge < -0.3 is 20.1 Å². The van der Waals surface area contributed by atoms with Gasteiger partial charge in [0.1, 0.15) is 30.2 Å². The highest BCUT2D eigenvalue weighted by molar-refractivity contribution is 5.76. The van der Waals surface area contributed by atoms with Gasteiger partial charge >= 0.3 is 0 Å². The first-order chi connectivity index (χ1) is 12.9. The summed E-state index contributed by atoms with van der Waals surface area (Å²) in [4.78, 5) is 17.5. The first-order valence-electron chi connectivity index (χ1n) is 8.58. The Labute approximate surface area is 154 Å². The molecule has 1 aliphatic heterocycles. The molecular weight excluding hydrogens is 352 g/mol. The van der Waals surface area contributed by atoms with Gasteiger partial charge in [0.2, 0.25) is 0 Å². The van der Waals surface area contributed by atoms with Crippen LogP contribution in [0.25, 0.3) is 16.7 Å². The number of hydrogen-bond donors (Lipinski definition) is 3. The summed E-state index contributed by atoms with van der Waals surface area (Å²) < 4.78 is 8.17. The highest BCUT2D eigenvalue weighted by Crippen LogP contribution is 2.31. The van der Waals surface area contributed by atoms with E-state index in [2.05, 4.69) is 10.1 Å². The second kappa shape index (κ2) is 6.54. The molecule has 9 heteroatoms. The van der Waals surface area contributed by atoms with Crippen molar-refractivity contribution in [3.63, 3.8) is 0 Å². The Kier molecular flexibility index (Phi) is 4.31. The smallest absolute Gasteiger partial charge is 0.284 e. The second-order valence-electron chi connectivity index (χ2n) is 6.71. The lowest BCUT2D eigenvalue weighted by Crippen LogP contribution is -2.33. The molecule has 0 bridgehead atoms. The predicted molar refractivity (Wildman–Crippen MR) is 95.6 cm³/mol. The molecule has 1 saturated heterocycles. The van der Waals surface area contributed by atoms with E-state index in [9.17, 15) is 20.1 Å². The minimum atomic E-state index is -1.34. The molecule has 0 spiro atoms. The van der Waals surface area contributed by atoms with Gasteiger partial charge in [-0.25, -0.2) is 9.67 Å². The zero-order valence-corrected chi connectivity index (χ0v) is 14.9. The number of nitrogens with zero attached hydrogens (tertiary/aromatic N) is 4. The Bertz CT molecular complexity index is 1040. The van der Waals surface area contributed by atoms with E-state index in [0.717, 1.165) is 5.56 Å². The first kappa shape index (κ1) is 17.8. The van der Waals surface area contributed by atoms with Gasteiger partial charge in [-0.05, 0) is 26.0 Å². The molecule has 4 atom stereocenters. The second-order valence-corrected chi connectivity index (χ2v) is 6.71. The van der Waals surface area contributed by atoms with Gasteiger partial charge in [-0.2, -0.15) is 5.10 Å². The molecule has 1 unspecified atom stereocenters. The largest absolute Gasteiger partial charge is 0.394 e. The van der Waals surface area contributed by atoms with Crippen LogP contribution >= 0.6 is 0 Å². The third-order valence-electron chi connectivity index (χ3n) is 4.85. The van der Waals surface area contributed by atoms with Crippen LogP contribution < -0.4 is 5.56 Å². The van der Waals surface area contributed by atoms with Crippen molar-refractivity contribution < 1.29 is 20.1 Å². The van der Waals surface area contributed by atoms with Gasteiger partial charge in [0.25, 0.3) is 5.56 Å². The van der Waals surface area contributed by atoms with Crippen LogP contribution in [0.4, 0.5) is 0 Å². The Morgan fingerprint density at radius 3 is 2.48 bits per heavy atom. The molecule has 3 aromatic rings. The summed E-state index contributed by atoms with van der Waals surface area (Å²) in [5.74, 6) is 0. The Morgan fingerprint density at radius 2 is 1.85 bits per heavy atom. The summed E-state index contributed by atoms with van der Waals surface area (Å²) in [6, 6.07) is 7.40. The summed E-state index contributed by atoms with van der Waals surface area (Å²) in [6.45, 7) is 3.19. The molecule has 0 saturated carbocycles. The van der Waals surface area contributed by atoms with E-state index in [-0.39, 0.29) is 11.1 Å². The summed E-state index contributed by atoms with van der Waals surface area (Å²) in [5, 5.41) is 33.9. The number of hydrogen-bond acceptors (Lipinski definition) is 7. The summed E-state index contributed by atoms with van der Waals surface area (Å²) in [7, 11) is 0. The van der Waals surface area contributed by atoms with Crippen molar-refractivity contribution in [2.75, 3.05) is 6.61 Å². The fourth-order valence-corrected chi connectivity index (χ4v) is 3.33. The fourth-order valence-electron chi connectivity index (χ4n) is 3.33. The van der Waals surface area contributed by atoms with Gasteiger partial charge in [-0.3, -0.25) is 9.36 Å². The van der Waals surface area contributed by atoms with E-state index >= 15 is 0 Å². The van der Waals surface area contributed by atoms with E-state index < -0.39 is 31.1 Å². The molecule has 1 aromatic carbocycles. The van der Waals surface area contributed by atoms with E-state index in [1.165, 1.54) is 15.6 Å². The summed E-state index contributed by atoms with van der Waals surface area (Å²) in [6.07, 6.45) is -3.24.